The topological polar surface area (TPSA) is 26.3 Å². The molecule has 2 nitrogen and oxygen atoms in total. The first kappa shape index (κ1) is 12.7. The smallest absolute Gasteiger partial charge is 0.150 e. The molecule has 0 aromatic heterocycles. The van der Waals surface area contributed by atoms with E-state index < -0.39 is 0 Å². The van der Waals surface area contributed by atoms with Gasteiger partial charge in [0.25, 0.3) is 0 Å². The number of hydrogen-bond donors (Lipinski definition) is 0. The Labute approximate surface area is 111 Å². The van der Waals surface area contributed by atoms with Gasteiger partial charge in [0, 0.05) is 16.1 Å². The van der Waals surface area contributed by atoms with Crippen LogP contribution >= 0.6 is 11.6 Å². The second kappa shape index (κ2) is 5.69. The highest BCUT2D eigenvalue weighted by Gasteiger charge is 2.05. The molecule has 0 heterocycles. The fourth-order valence-electron chi connectivity index (χ4n) is 1.76. The fourth-order valence-corrected chi connectivity index (χ4v) is 2.06. The third kappa shape index (κ3) is 2.71. The maximum absolute atomic E-state index is 10.7. The van der Waals surface area contributed by atoms with Gasteiger partial charge in [-0.05, 0) is 30.7 Å². The van der Waals surface area contributed by atoms with Crippen LogP contribution < -0.4 is 4.74 Å². The highest BCUT2D eigenvalue weighted by atomic mass is 35.5. The van der Waals surface area contributed by atoms with E-state index in [4.69, 9.17) is 16.3 Å². The van der Waals surface area contributed by atoms with Crippen LogP contribution in [-0.4, -0.2) is 12.9 Å². The molecule has 2 rings (SSSR count). The first-order valence-electron chi connectivity index (χ1n) is 5.72. The molecule has 2 aromatic carbocycles. The van der Waals surface area contributed by atoms with Crippen LogP contribution in [0.15, 0.2) is 42.5 Å². The van der Waals surface area contributed by atoms with Gasteiger partial charge in [0.1, 0.15) is 12.0 Å². The van der Waals surface area contributed by atoms with Crippen LogP contribution in [-0.2, 0) is 0 Å². The lowest BCUT2D eigenvalue weighted by Gasteiger charge is -2.08. The molecule has 0 saturated heterocycles. The van der Waals surface area contributed by atoms with E-state index in [-0.39, 0.29) is 0 Å². The molecule has 3 heteroatoms. The molecule has 0 spiro atoms. The first-order chi connectivity index (χ1) is 8.74. The highest BCUT2D eigenvalue weighted by molar-refractivity contribution is 6.33. The van der Waals surface area contributed by atoms with E-state index >= 15 is 0 Å². The molecule has 0 unspecified atom stereocenters. The van der Waals surface area contributed by atoms with Crippen molar-refractivity contribution >= 4 is 17.9 Å². The first-order valence-corrected chi connectivity index (χ1v) is 6.10. The second-order valence-corrected chi connectivity index (χ2v) is 4.23. The Kier molecular flexibility index (Phi) is 4.00. The number of halogens is 1. The highest BCUT2D eigenvalue weighted by Crippen LogP contribution is 2.30. The predicted octanol–water partition coefficient (Wildman–Crippen LogP) is 4.22. The van der Waals surface area contributed by atoms with Gasteiger partial charge in [0.15, 0.2) is 0 Å². The lowest BCUT2D eigenvalue weighted by atomic mass is 10.0. The maximum atomic E-state index is 10.7. The summed E-state index contributed by atoms with van der Waals surface area (Å²) in [5.41, 5.74) is 2.44. The molecule has 0 bridgehead atoms. The van der Waals surface area contributed by atoms with Crippen molar-refractivity contribution in [3.63, 3.8) is 0 Å². The summed E-state index contributed by atoms with van der Waals surface area (Å²) in [6.07, 6.45) is 0.784. The third-order valence-electron chi connectivity index (χ3n) is 2.59. The van der Waals surface area contributed by atoms with Crippen LogP contribution in [0.25, 0.3) is 11.1 Å². The average Bonchev–Trinajstić information content (AvgIpc) is 2.39. The van der Waals surface area contributed by atoms with Crippen LogP contribution in [0.2, 0.25) is 5.02 Å². The standard InChI is InChI=1S/C15H13ClO2/c1-2-18-13-5-3-4-12(9-13)14-7-6-11(10-17)8-15(14)16/h3-10H,2H2,1H3. The maximum Gasteiger partial charge on any atom is 0.150 e. The summed E-state index contributed by atoms with van der Waals surface area (Å²) < 4.78 is 5.45. The molecule has 2 aromatic rings. The van der Waals surface area contributed by atoms with Crippen LogP contribution in [0.4, 0.5) is 0 Å². The zero-order valence-corrected chi connectivity index (χ0v) is 10.8. The minimum absolute atomic E-state index is 0.563. The van der Waals surface area contributed by atoms with Crippen LogP contribution in [0.1, 0.15) is 17.3 Å². The van der Waals surface area contributed by atoms with Crippen molar-refractivity contribution in [1.29, 1.82) is 0 Å². The number of benzene rings is 2. The molecule has 0 amide bonds. The Morgan fingerprint density at radius 3 is 2.72 bits per heavy atom. The number of carbonyl (C=O) groups is 1. The Hall–Kier alpha value is -1.80. The van der Waals surface area contributed by atoms with Crippen molar-refractivity contribution in [2.75, 3.05) is 6.61 Å². The average molecular weight is 261 g/mol. The summed E-state index contributed by atoms with van der Waals surface area (Å²) in [4.78, 5) is 10.7. The zero-order chi connectivity index (χ0) is 13.0. The van der Waals surface area contributed by atoms with Gasteiger partial charge >= 0.3 is 0 Å². The van der Waals surface area contributed by atoms with Crippen molar-refractivity contribution < 1.29 is 9.53 Å². The summed E-state index contributed by atoms with van der Waals surface area (Å²) in [6, 6.07) is 13.0. The Morgan fingerprint density at radius 2 is 2.06 bits per heavy atom. The minimum atomic E-state index is 0.563. The fraction of sp³-hybridized carbons (Fsp3) is 0.133. The monoisotopic (exact) mass is 260 g/mol. The van der Waals surface area contributed by atoms with Crippen molar-refractivity contribution in [3.05, 3.63) is 53.1 Å². The number of aldehydes is 1. The van der Waals surface area contributed by atoms with Gasteiger partial charge in [-0.25, -0.2) is 0 Å². The number of rotatable bonds is 4. The molecule has 0 aliphatic heterocycles. The van der Waals surface area contributed by atoms with Gasteiger partial charge in [-0.2, -0.15) is 0 Å². The largest absolute Gasteiger partial charge is 0.494 e. The van der Waals surface area contributed by atoms with Gasteiger partial charge in [-0.3, -0.25) is 4.79 Å². The Morgan fingerprint density at radius 1 is 1.22 bits per heavy atom. The molecule has 0 fully saturated rings. The molecular weight excluding hydrogens is 248 g/mol. The lowest BCUT2D eigenvalue weighted by Crippen LogP contribution is -1.91. The SMILES string of the molecule is CCOc1cccc(-c2ccc(C=O)cc2Cl)c1. The van der Waals surface area contributed by atoms with E-state index in [9.17, 15) is 4.79 Å². The number of carbonyl (C=O) groups excluding carboxylic acids is 1. The number of ether oxygens (including phenoxy) is 1. The third-order valence-corrected chi connectivity index (χ3v) is 2.90. The van der Waals surface area contributed by atoms with Crippen molar-refractivity contribution in [3.8, 4) is 16.9 Å². The summed E-state index contributed by atoms with van der Waals surface area (Å²) in [6.45, 7) is 2.57. The Balaban J connectivity index is 2.41. The van der Waals surface area contributed by atoms with E-state index in [1.165, 1.54) is 0 Å². The summed E-state index contributed by atoms with van der Waals surface area (Å²) in [5, 5.41) is 0.563. The van der Waals surface area contributed by atoms with Crippen molar-refractivity contribution in [1.82, 2.24) is 0 Å². The molecule has 0 atom stereocenters. The zero-order valence-electron chi connectivity index (χ0n) is 10.0. The van der Waals surface area contributed by atoms with Gasteiger partial charge in [0.2, 0.25) is 0 Å². The normalized spacial score (nSPS) is 10.1. The van der Waals surface area contributed by atoms with Crippen molar-refractivity contribution in [2.45, 2.75) is 6.92 Å². The van der Waals surface area contributed by atoms with Gasteiger partial charge in [-0.15, -0.1) is 0 Å². The Bertz CT molecular complexity index is 564. The molecular formula is C15H13ClO2. The quantitative estimate of drug-likeness (QED) is 0.770. The summed E-state index contributed by atoms with van der Waals surface area (Å²) >= 11 is 6.17. The minimum Gasteiger partial charge on any atom is -0.494 e. The van der Waals surface area contributed by atoms with Crippen LogP contribution in [0.5, 0.6) is 5.75 Å². The lowest BCUT2D eigenvalue weighted by molar-refractivity contribution is 0.112. The summed E-state index contributed by atoms with van der Waals surface area (Å²) in [7, 11) is 0. The van der Waals surface area contributed by atoms with Crippen LogP contribution in [0, 0.1) is 0 Å². The second-order valence-electron chi connectivity index (χ2n) is 3.82. The summed E-state index contributed by atoms with van der Waals surface area (Å²) in [5.74, 6) is 0.811. The molecule has 0 saturated carbocycles. The van der Waals surface area contributed by atoms with E-state index in [1.807, 2.05) is 37.3 Å². The molecule has 0 N–H and O–H groups in total. The van der Waals surface area contributed by atoms with E-state index in [0.717, 1.165) is 23.2 Å². The van der Waals surface area contributed by atoms with Crippen LogP contribution in [0.3, 0.4) is 0 Å². The predicted molar refractivity (Wildman–Crippen MR) is 73.4 cm³/mol. The number of hydrogen-bond acceptors (Lipinski definition) is 2. The van der Waals surface area contributed by atoms with Gasteiger partial charge in [0.05, 0.1) is 6.61 Å². The molecule has 92 valence electrons. The molecule has 0 aliphatic carbocycles. The molecule has 0 aliphatic rings. The van der Waals surface area contributed by atoms with E-state index in [1.54, 1.807) is 12.1 Å². The van der Waals surface area contributed by atoms with Gasteiger partial charge < -0.3 is 4.74 Å². The molecule has 18 heavy (non-hydrogen) atoms. The molecule has 0 radical (unpaired) electrons. The van der Waals surface area contributed by atoms with Gasteiger partial charge in [-0.1, -0.05) is 35.9 Å². The van der Waals surface area contributed by atoms with E-state index in [0.29, 0.717) is 17.2 Å². The van der Waals surface area contributed by atoms with E-state index in [2.05, 4.69) is 0 Å². The van der Waals surface area contributed by atoms with Crippen molar-refractivity contribution in [2.24, 2.45) is 0 Å².